The molecule has 0 bridgehead atoms. The quantitative estimate of drug-likeness (QED) is 0.925. The van der Waals surface area contributed by atoms with E-state index in [4.69, 9.17) is 0 Å². The molecule has 1 atom stereocenters. The number of nitrogens with one attached hydrogen (secondary N) is 1. The zero-order valence-electron chi connectivity index (χ0n) is 12.5. The Morgan fingerprint density at radius 1 is 1.30 bits per heavy atom. The Balaban J connectivity index is 2.21. The minimum atomic E-state index is -0.789. The van der Waals surface area contributed by atoms with Crippen LogP contribution < -0.4 is 5.32 Å². The molecule has 0 spiro atoms. The fourth-order valence-corrected chi connectivity index (χ4v) is 3.13. The van der Waals surface area contributed by atoms with E-state index in [9.17, 15) is 9.59 Å². The lowest BCUT2D eigenvalue weighted by Crippen LogP contribution is -2.73. The van der Waals surface area contributed by atoms with Crippen LogP contribution in [0.3, 0.4) is 0 Å². The van der Waals surface area contributed by atoms with E-state index in [2.05, 4.69) is 11.4 Å². The van der Waals surface area contributed by atoms with Gasteiger partial charge in [0.05, 0.1) is 0 Å². The molecule has 1 fully saturated rings. The van der Waals surface area contributed by atoms with Gasteiger partial charge in [-0.25, -0.2) is 0 Å². The molecule has 1 aromatic heterocycles. The van der Waals surface area contributed by atoms with Crippen molar-refractivity contribution in [1.29, 1.82) is 0 Å². The molecule has 110 valence electrons. The number of hydrogen-bond acceptors (Lipinski definition) is 3. The Labute approximate surface area is 124 Å². The molecule has 1 saturated heterocycles. The maximum atomic E-state index is 12.7. The third kappa shape index (κ3) is 2.46. The van der Waals surface area contributed by atoms with Crippen LogP contribution in [0.25, 0.3) is 0 Å². The molecule has 1 aliphatic rings. The molecule has 0 saturated carbocycles. The summed E-state index contributed by atoms with van der Waals surface area (Å²) >= 11 is 1.68. The van der Waals surface area contributed by atoms with Crippen molar-refractivity contribution >= 4 is 23.2 Å². The summed E-state index contributed by atoms with van der Waals surface area (Å²) in [6, 6.07) is 4.07. The summed E-state index contributed by atoms with van der Waals surface area (Å²) in [6.45, 7) is 7.93. The lowest BCUT2D eigenvalue weighted by atomic mass is 9.86. The summed E-state index contributed by atoms with van der Waals surface area (Å²) < 4.78 is 0. The van der Waals surface area contributed by atoms with E-state index in [0.717, 1.165) is 6.42 Å². The van der Waals surface area contributed by atoms with Gasteiger partial charge in [-0.05, 0) is 45.1 Å². The summed E-state index contributed by atoms with van der Waals surface area (Å²) in [5.74, 6) is -0.0613. The van der Waals surface area contributed by atoms with E-state index in [1.165, 1.54) is 4.88 Å². The molecule has 0 radical (unpaired) electrons. The Bertz CT molecular complexity index is 510. The zero-order chi connectivity index (χ0) is 15.0. The van der Waals surface area contributed by atoms with Crippen LogP contribution in [0, 0.1) is 0 Å². The van der Waals surface area contributed by atoms with E-state index in [1.54, 1.807) is 23.2 Å². The van der Waals surface area contributed by atoms with Crippen molar-refractivity contribution in [1.82, 2.24) is 10.2 Å². The van der Waals surface area contributed by atoms with E-state index in [0.29, 0.717) is 13.0 Å². The van der Waals surface area contributed by atoms with Crippen molar-refractivity contribution < 1.29 is 9.59 Å². The minimum absolute atomic E-state index is 0.0150. The molecule has 20 heavy (non-hydrogen) atoms. The van der Waals surface area contributed by atoms with Gasteiger partial charge in [-0.15, -0.1) is 11.3 Å². The fourth-order valence-electron chi connectivity index (χ4n) is 2.43. The first-order valence-corrected chi connectivity index (χ1v) is 7.86. The molecule has 4 nitrogen and oxygen atoms in total. The molecule has 2 rings (SSSR count). The first-order valence-electron chi connectivity index (χ1n) is 6.98. The van der Waals surface area contributed by atoms with Crippen LogP contribution in [0.2, 0.25) is 0 Å². The van der Waals surface area contributed by atoms with Gasteiger partial charge in [0.15, 0.2) is 0 Å². The molecule has 1 aliphatic heterocycles. The lowest BCUT2D eigenvalue weighted by molar-refractivity contribution is -0.160. The number of rotatable bonds is 4. The third-order valence-electron chi connectivity index (χ3n) is 4.21. The highest BCUT2D eigenvalue weighted by molar-refractivity contribution is 7.09. The van der Waals surface area contributed by atoms with Crippen LogP contribution >= 0.6 is 11.3 Å². The van der Waals surface area contributed by atoms with E-state index in [1.807, 2.05) is 32.2 Å². The van der Waals surface area contributed by atoms with Crippen molar-refractivity contribution in [2.45, 2.75) is 51.6 Å². The summed E-state index contributed by atoms with van der Waals surface area (Å²) in [5, 5.41) is 4.91. The van der Waals surface area contributed by atoms with Gasteiger partial charge in [0.1, 0.15) is 11.1 Å². The van der Waals surface area contributed by atoms with Crippen LogP contribution in [0.1, 0.15) is 39.0 Å². The van der Waals surface area contributed by atoms with Gasteiger partial charge in [-0.3, -0.25) is 9.59 Å². The van der Waals surface area contributed by atoms with Crippen molar-refractivity contribution in [3.8, 4) is 0 Å². The average Bonchev–Trinajstić information content (AvgIpc) is 2.90. The SMILES string of the molecule is CCC1(C)NC(=O)C(C)(C)N(CCc2cccs2)C1=O. The van der Waals surface area contributed by atoms with Gasteiger partial charge in [0.2, 0.25) is 11.8 Å². The molecule has 2 amide bonds. The predicted octanol–water partition coefficient (Wildman–Crippen LogP) is 2.20. The van der Waals surface area contributed by atoms with Gasteiger partial charge in [0, 0.05) is 11.4 Å². The first kappa shape index (κ1) is 15.0. The van der Waals surface area contributed by atoms with E-state index in [-0.39, 0.29) is 11.8 Å². The van der Waals surface area contributed by atoms with Crippen LogP contribution in [0.15, 0.2) is 17.5 Å². The second kappa shape index (κ2) is 5.20. The van der Waals surface area contributed by atoms with E-state index < -0.39 is 11.1 Å². The summed E-state index contributed by atoms with van der Waals surface area (Å²) in [4.78, 5) is 28.0. The highest BCUT2D eigenvalue weighted by Gasteiger charge is 2.51. The summed E-state index contributed by atoms with van der Waals surface area (Å²) in [5.41, 5.74) is -1.56. The van der Waals surface area contributed by atoms with Gasteiger partial charge >= 0.3 is 0 Å². The monoisotopic (exact) mass is 294 g/mol. The van der Waals surface area contributed by atoms with E-state index >= 15 is 0 Å². The normalized spacial score (nSPS) is 25.7. The first-order chi connectivity index (χ1) is 9.31. The molecule has 0 aliphatic carbocycles. The number of hydrogen-bond donors (Lipinski definition) is 1. The number of carbonyl (C=O) groups is 2. The summed E-state index contributed by atoms with van der Waals surface area (Å²) in [6.07, 6.45) is 1.39. The second-order valence-electron chi connectivity index (χ2n) is 5.98. The highest BCUT2D eigenvalue weighted by atomic mass is 32.1. The molecular weight excluding hydrogens is 272 g/mol. The lowest BCUT2D eigenvalue weighted by Gasteiger charge is -2.48. The molecule has 5 heteroatoms. The molecule has 1 N–H and O–H groups in total. The standard InChI is InChI=1S/C15H22N2O2S/c1-5-15(4)13(19)17(14(2,3)12(18)16-15)9-8-11-7-6-10-20-11/h6-7,10H,5,8-9H2,1-4H3,(H,16,18). The smallest absolute Gasteiger partial charge is 0.248 e. The van der Waals surface area contributed by atoms with Crippen molar-refractivity contribution in [2.75, 3.05) is 6.54 Å². The van der Waals surface area contributed by atoms with Gasteiger partial charge in [0.25, 0.3) is 0 Å². The van der Waals surface area contributed by atoms with Gasteiger partial charge in [-0.2, -0.15) is 0 Å². The van der Waals surface area contributed by atoms with Crippen LogP contribution in [0.5, 0.6) is 0 Å². The Kier molecular flexibility index (Phi) is 3.91. The Morgan fingerprint density at radius 3 is 2.55 bits per heavy atom. The predicted molar refractivity (Wildman–Crippen MR) is 80.7 cm³/mol. The number of piperazine rings is 1. The van der Waals surface area contributed by atoms with Crippen molar-refractivity contribution in [3.63, 3.8) is 0 Å². The largest absolute Gasteiger partial charge is 0.340 e. The summed E-state index contributed by atoms with van der Waals surface area (Å²) in [7, 11) is 0. The maximum absolute atomic E-state index is 12.7. The topological polar surface area (TPSA) is 49.4 Å². The second-order valence-corrected chi connectivity index (χ2v) is 7.02. The molecule has 1 unspecified atom stereocenters. The minimum Gasteiger partial charge on any atom is -0.340 e. The Morgan fingerprint density at radius 2 is 2.00 bits per heavy atom. The number of thiophene rings is 1. The third-order valence-corrected chi connectivity index (χ3v) is 5.14. The molecular formula is C15H22N2O2S. The number of amides is 2. The molecule has 1 aromatic rings. The zero-order valence-corrected chi connectivity index (χ0v) is 13.3. The molecule has 2 heterocycles. The average molecular weight is 294 g/mol. The van der Waals surface area contributed by atoms with Crippen LogP contribution in [-0.4, -0.2) is 34.3 Å². The van der Waals surface area contributed by atoms with Gasteiger partial charge < -0.3 is 10.2 Å². The highest BCUT2D eigenvalue weighted by Crippen LogP contribution is 2.28. The van der Waals surface area contributed by atoms with Crippen molar-refractivity contribution in [2.24, 2.45) is 0 Å². The maximum Gasteiger partial charge on any atom is 0.248 e. The number of nitrogens with zero attached hydrogens (tertiary/aromatic N) is 1. The fraction of sp³-hybridized carbons (Fsp3) is 0.600. The molecule has 0 aromatic carbocycles. The Hall–Kier alpha value is -1.36. The van der Waals surface area contributed by atoms with Gasteiger partial charge in [-0.1, -0.05) is 13.0 Å². The van der Waals surface area contributed by atoms with Crippen LogP contribution in [0.4, 0.5) is 0 Å². The number of carbonyl (C=O) groups excluding carboxylic acids is 2. The van der Waals surface area contributed by atoms with Crippen molar-refractivity contribution in [3.05, 3.63) is 22.4 Å². The van der Waals surface area contributed by atoms with Crippen LogP contribution in [-0.2, 0) is 16.0 Å².